The quantitative estimate of drug-likeness (QED) is 0.698. The molecule has 0 aliphatic carbocycles. The topological polar surface area (TPSA) is 42.7 Å². The number of hydrogen-bond donors (Lipinski definition) is 1. The van der Waals surface area contributed by atoms with E-state index in [1.807, 2.05) is 4.68 Å². The second-order valence-corrected chi connectivity index (χ2v) is 4.26. The molecule has 0 aliphatic heterocycles. The molecule has 1 aromatic heterocycles. The Kier molecular flexibility index (Phi) is 5.32. The first-order chi connectivity index (χ1) is 7.24. The number of nitrogens with zero attached hydrogens (tertiary/aromatic N) is 3. The molecule has 0 atom stereocenters. The lowest BCUT2D eigenvalue weighted by molar-refractivity contribution is 0.507. The molecular weight excluding hydrogens is 188 g/mol. The van der Waals surface area contributed by atoms with Gasteiger partial charge in [0.1, 0.15) is 12.2 Å². The second-order valence-electron chi connectivity index (χ2n) is 4.26. The normalized spacial score (nSPS) is 11.2. The molecule has 0 spiro atoms. The molecule has 15 heavy (non-hydrogen) atoms. The van der Waals surface area contributed by atoms with Crippen molar-refractivity contribution in [1.82, 2.24) is 20.1 Å². The van der Waals surface area contributed by atoms with E-state index in [0.717, 1.165) is 37.8 Å². The molecule has 1 N–H and O–H groups in total. The average molecular weight is 210 g/mol. The van der Waals surface area contributed by atoms with E-state index in [1.165, 1.54) is 6.42 Å². The van der Waals surface area contributed by atoms with E-state index in [2.05, 4.69) is 36.2 Å². The fourth-order valence-corrected chi connectivity index (χ4v) is 1.41. The lowest BCUT2D eigenvalue weighted by Gasteiger charge is -2.07. The van der Waals surface area contributed by atoms with E-state index in [1.54, 1.807) is 6.33 Å². The van der Waals surface area contributed by atoms with Crippen LogP contribution >= 0.6 is 0 Å². The third-order valence-corrected chi connectivity index (χ3v) is 2.31. The van der Waals surface area contributed by atoms with Crippen molar-refractivity contribution in [2.75, 3.05) is 6.54 Å². The molecule has 0 saturated heterocycles. The minimum absolute atomic E-state index is 0.756. The lowest BCUT2D eigenvalue weighted by atomic mass is 10.1. The first kappa shape index (κ1) is 12.2. The van der Waals surface area contributed by atoms with Gasteiger partial charge in [-0.2, -0.15) is 5.10 Å². The zero-order valence-electron chi connectivity index (χ0n) is 10.0. The molecule has 0 fully saturated rings. The maximum absolute atomic E-state index is 4.24. The molecule has 1 heterocycles. The Bertz CT molecular complexity index is 267. The highest BCUT2D eigenvalue weighted by Crippen LogP contribution is 1.98. The lowest BCUT2D eigenvalue weighted by Crippen LogP contribution is -2.19. The SMILES string of the molecule is CCCn1ncnc1CNCCC(C)C. The van der Waals surface area contributed by atoms with Crippen molar-refractivity contribution in [1.29, 1.82) is 0 Å². The summed E-state index contributed by atoms with van der Waals surface area (Å²) in [7, 11) is 0. The molecule has 0 unspecified atom stereocenters. The van der Waals surface area contributed by atoms with Gasteiger partial charge >= 0.3 is 0 Å². The van der Waals surface area contributed by atoms with Crippen LogP contribution in [0.2, 0.25) is 0 Å². The molecular formula is C11H22N4. The minimum Gasteiger partial charge on any atom is -0.310 e. The van der Waals surface area contributed by atoms with Gasteiger partial charge in [-0.3, -0.25) is 0 Å². The molecule has 0 aliphatic rings. The van der Waals surface area contributed by atoms with Gasteiger partial charge in [0.2, 0.25) is 0 Å². The molecule has 1 rings (SSSR count). The molecule has 0 aromatic carbocycles. The average Bonchev–Trinajstić information content (AvgIpc) is 2.61. The van der Waals surface area contributed by atoms with Crippen molar-refractivity contribution in [3.8, 4) is 0 Å². The number of hydrogen-bond acceptors (Lipinski definition) is 3. The third-order valence-electron chi connectivity index (χ3n) is 2.31. The summed E-state index contributed by atoms with van der Waals surface area (Å²) in [5.41, 5.74) is 0. The van der Waals surface area contributed by atoms with Crippen LogP contribution in [-0.4, -0.2) is 21.3 Å². The van der Waals surface area contributed by atoms with Crippen LogP contribution in [0.3, 0.4) is 0 Å². The highest BCUT2D eigenvalue weighted by Gasteiger charge is 2.02. The zero-order valence-corrected chi connectivity index (χ0v) is 10.0. The van der Waals surface area contributed by atoms with E-state index < -0.39 is 0 Å². The molecule has 0 saturated carbocycles. The molecule has 86 valence electrons. The Morgan fingerprint density at radius 3 is 2.93 bits per heavy atom. The number of nitrogens with one attached hydrogen (secondary N) is 1. The van der Waals surface area contributed by atoms with Crippen molar-refractivity contribution in [2.24, 2.45) is 5.92 Å². The largest absolute Gasteiger partial charge is 0.310 e. The van der Waals surface area contributed by atoms with Crippen LogP contribution in [0.4, 0.5) is 0 Å². The molecule has 0 bridgehead atoms. The number of aryl methyl sites for hydroxylation is 1. The van der Waals surface area contributed by atoms with E-state index in [9.17, 15) is 0 Å². The van der Waals surface area contributed by atoms with Gasteiger partial charge in [-0.25, -0.2) is 9.67 Å². The summed E-state index contributed by atoms with van der Waals surface area (Å²) in [5.74, 6) is 1.80. The van der Waals surface area contributed by atoms with Crippen molar-refractivity contribution in [3.63, 3.8) is 0 Å². The Morgan fingerprint density at radius 2 is 2.27 bits per heavy atom. The highest BCUT2D eigenvalue weighted by molar-refractivity contribution is 4.83. The summed E-state index contributed by atoms with van der Waals surface area (Å²) in [6.07, 6.45) is 3.94. The predicted octanol–water partition coefficient (Wildman–Crippen LogP) is 1.82. The molecule has 0 radical (unpaired) electrons. The van der Waals surface area contributed by atoms with Gasteiger partial charge in [0.25, 0.3) is 0 Å². The van der Waals surface area contributed by atoms with Crippen LogP contribution in [-0.2, 0) is 13.1 Å². The summed E-state index contributed by atoms with van der Waals surface area (Å²) in [6, 6.07) is 0. The summed E-state index contributed by atoms with van der Waals surface area (Å²) >= 11 is 0. The Balaban J connectivity index is 2.27. The Labute approximate surface area is 92.1 Å². The number of rotatable bonds is 7. The maximum atomic E-state index is 4.24. The van der Waals surface area contributed by atoms with Crippen LogP contribution in [0.5, 0.6) is 0 Å². The number of aromatic nitrogens is 3. The molecule has 4 nitrogen and oxygen atoms in total. The fraction of sp³-hybridized carbons (Fsp3) is 0.818. The smallest absolute Gasteiger partial charge is 0.140 e. The van der Waals surface area contributed by atoms with Gasteiger partial charge in [0.05, 0.1) is 6.54 Å². The van der Waals surface area contributed by atoms with Crippen LogP contribution in [0.25, 0.3) is 0 Å². The molecule has 1 aromatic rings. The first-order valence-corrected chi connectivity index (χ1v) is 5.81. The van der Waals surface area contributed by atoms with Crippen molar-refractivity contribution < 1.29 is 0 Å². The first-order valence-electron chi connectivity index (χ1n) is 5.81. The third kappa shape index (κ3) is 4.42. The van der Waals surface area contributed by atoms with Crippen LogP contribution < -0.4 is 5.32 Å². The van der Waals surface area contributed by atoms with E-state index in [4.69, 9.17) is 0 Å². The van der Waals surface area contributed by atoms with Gasteiger partial charge in [0, 0.05) is 6.54 Å². The van der Waals surface area contributed by atoms with Crippen molar-refractivity contribution >= 4 is 0 Å². The van der Waals surface area contributed by atoms with Gasteiger partial charge in [-0.1, -0.05) is 20.8 Å². The van der Waals surface area contributed by atoms with Gasteiger partial charge in [-0.05, 0) is 25.3 Å². The van der Waals surface area contributed by atoms with E-state index in [-0.39, 0.29) is 0 Å². The highest BCUT2D eigenvalue weighted by atomic mass is 15.3. The second kappa shape index (κ2) is 6.56. The van der Waals surface area contributed by atoms with Gasteiger partial charge in [-0.15, -0.1) is 0 Å². The maximum Gasteiger partial charge on any atom is 0.140 e. The zero-order chi connectivity index (χ0) is 11.1. The van der Waals surface area contributed by atoms with Crippen LogP contribution in [0, 0.1) is 5.92 Å². The summed E-state index contributed by atoms with van der Waals surface area (Å²) < 4.78 is 1.97. The summed E-state index contributed by atoms with van der Waals surface area (Å²) in [6.45, 7) is 9.46. The minimum atomic E-state index is 0.756. The van der Waals surface area contributed by atoms with Crippen molar-refractivity contribution in [2.45, 2.75) is 46.7 Å². The van der Waals surface area contributed by atoms with Gasteiger partial charge < -0.3 is 5.32 Å². The molecule has 0 amide bonds. The van der Waals surface area contributed by atoms with E-state index >= 15 is 0 Å². The van der Waals surface area contributed by atoms with E-state index in [0.29, 0.717) is 0 Å². The van der Waals surface area contributed by atoms with Crippen LogP contribution in [0.15, 0.2) is 6.33 Å². The summed E-state index contributed by atoms with van der Waals surface area (Å²) in [4.78, 5) is 4.24. The predicted molar refractivity (Wildman–Crippen MR) is 61.5 cm³/mol. The Hall–Kier alpha value is -0.900. The molecule has 4 heteroatoms. The van der Waals surface area contributed by atoms with Crippen molar-refractivity contribution in [3.05, 3.63) is 12.2 Å². The standard InChI is InChI=1S/C11H22N4/c1-4-7-15-11(13-9-14-15)8-12-6-5-10(2)3/h9-10,12H,4-8H2,1-3H3. The van der Waals surface area contributed by atoms with Crippen LogP contribution in [0.1, 0.15) is 39.4 Å². The summed E-state index contributed by atoms with van der Waals surface area (Å²) in [5, 5.41) is 7.58. The monoisotopic (exact) mass is 210 g/mol. The Morgan fingerprint density at radius 1 is 1.47 bits per heavy atom. The van der Waals surface area contributed by atoms with Gasteiger partial charge in [0.15, 0.2) is 0 Å². The fourth-order valence-electron chi connectivity index (χ4n) is 1.41.